The number of hydrogen-bond acceptors (Lipinski definition) is 4. The minimum atomic E-state index is 0.480. The van der Waals surface area contributed by atoms with Gasteiger partial charge in [0, 0.05) is 22.8 Å². The highest BCUT2D eigenvalue weighted by Crippen LogP contribution is 2.28. The number of halogens is 1. The van der Waals surface area contributed by atoms with Crippen LogP contribution in [0.5, 0.6) is 0 Å². The maximum Gasteiger partial charge on any atom is 0.223 e. The van der Waals surface area contributed by atoms with E-state index >= 15 is 0 Å². The fraction of sp³-hybridized carbons (Fsp3) is 0.381. The van der Waals surface area contributed by atoms with Gasteiger partial charge in [0.05, 0.1) is 22.8 Å². The lowest BCUT2D eigenvalue weighted by Crippen LogP contribution is -2.23. The van der Waals surface area contributed by atoms with Gasteiger partial charge >= 0.3 is 0 Å². The SMILES string of the molecule is Cc1nn(-c2ccc(Cl)cc2)c(C)c1-c1ccnc(NC2CCCCC2)n1. The minimum absolute atomic E-state index is 0.480. The summed E-state index contributed by atoms with van der Waals surface area (Å²) in [5, 5.41) is 8.95. The van der Waals surface area contributed by atoms with E-state index in [1.165, 1.54) is 32.1 Å². The molecular weight excluding hydrogens is 358 g/mol. The quantitative estimate of drug-likeness (QED) is 0.662. The zero-order valence-corrected chi connectivity index (χ0v) is 16.5. The molecule has 27 heavy (non-hydrogen) atoms. The number of benzene rings is 1. The molecule has 6 heteroatoms. The van der Waals surface area contributed by atoms with Crippen molar-refractivity contribution in [1.82, 2.24) is 19.7 Å². The summed E-state index contributed by atoms with van der Waals surface area (Å²) in [4.78, 5) is 9.21. The van der Waals surface area contributed by atoms with Crippen molar-refractivity contribution >= 4 is 17.5 Å². The van der Waals surface area contributed by atoms with Gasteiger partial charge in [0.2, 0.25) is 5.95 Å². The van der Waals surface area contributed by atoms with Crippen LogP contribution < -0.4 is 5.32 Å². The molecule has 0 amide bonds. The van der Waals surface area contributed by atoms with Crippen LogP contribution >= 0.6 is 11.6 Å². The largest absolute Gasteiger partial charge is 0.351 e. The van der Waals surface area contributed by atoms with Crippen LogP contribution in [-0.4, -0.2) is 25.8 Å². The van der Waals surface area contributed by atoms with E-state index in [2.05, 4.69) is 17.2 Å². The molecule has 0 unspecified atom stereocenters. The van der Waals surface area contributed by atoms with Crippen LogP contribution in [-0.2, 0) is 0 Å². The van der Waals surface area contributed by atoms with Crippen molar-refractivity contribution in [3.63, 3.8) is 0 Å². The van der Waals surface area contributed by atoms with Crippen LogP contribution in [0.4, 0.5) is 5.95 Å². The normalized spacial score (nSPS) is 15.1. The monoisotopic (exact) mass is 381 g/mol. The van der Waals surface area contributed by atoms with Crippen LogP contribution in [0.15, 0.2) is 36.5 Å². The van der Waals surface area contributed by atoms with E-state index in [-0.39, 0.29) is 0 Å². The van der Waals surface area contributed by atoms with E-state index in [1.54, 1.807) is 0 Å². The van der Waals surface area contributed by atoms with Crippen LogP contribution in [0.25, 0.3) is 16.9 Å². The lowest BCUT2D eigenvalue weighted by molar-refractivity contribution is 0.461. The van der Waals surface area contributed by atoms with Gasteiger partial charge < -0.3 is 5.32 Å². The molecule has 2 heterocycles. The van der Waals surface area contributed by atoms with E-state index in [4.69, 9.17) is 21.7 Å². The first-order valence-corrected chi connectivity index (χ1v) is 9.92. The summed E-state index contributed by atoms with van der Waals surface area (Å²) >= 11 is 6.02. The maximum atomic E-state index is 6.02. The highest BCUT2D eigenvalue weighted by Gasteiger charge is 2.18. The Morgan fingerprint density at radius 2 is 1.78 bits per heavy atom. The number of rotatable bonds is 4. The topological polar surface area (TPSA) is 55.6 Å². The molecule has 140 valence electrons. The van der Waals surface area contributed by atoms with Gasteiger partial charge in [-0.3, -0.25) is 0 Å². The summed E-state index contributed by atoms with van der Waals surface area (Å²) in [5.74, 6) is 0.706. The van der Waals surface area contributed by atoms with Crippen molar-refractivity contribution in [3.05, 3.63) is 52.9 Å². The predicted octanol–water partition coefficient (Wildman–Crippen LogP) is 5.34. The fourth-order valence-electron chi connectivity index (χ4n) is 3.84. The van der Waals surface area contributed by atoms with Crippen molar-refractivity contribution < 1.29 is 0 Å². The molecule has 3 aromatic rings. The molecule has 0 spiro atoms. The summed E-state index contributed by atoms with van der Waals surface area (Å²) in [6, 6.07) is 10.1. The Hall–Kier alpha value is -2.40. The molecule has 5 nitrogen and oxygen atoms in total. The second-order valence-corrected chi connectivity index (χ2v) is 7.62. The van der Waals surface area contributed by atoms with E-state index in [0.717, 1.165) is 33.4 Å². The third-order valence-corrected chi connectivity index (χ3v) is 5.46. The molecule has 1 saturated carbocycles. The van der Waals surface area contributed by atoms with Gasteiger partial charge in [-0.15, -0.1) is 0 Å². The minimum Gasteiger partial charge on any atom is -0.351 e. The second-order valence-electron chi connectivity index (χ2n) is 7.18. The Bertz CT molecular complexity index is 926. The maximum absolute atomic E-state index is 6.02. The van der Waals surface area contributed by atoms with Crippen LogP contribution in [0.3, 0.4) is 0 Å². The van der Waals surface area contributed by atoms with Gasteiger partial charge in [0.1, 0.15) is 0 Å². The van der Waals surface area contributed by atoms with Gasteiger partial charge in [0.15, 0.2) is 0 Å². The lowest BCUT2D eigenvalue weighted by atomic mass is 9.96. The molecule has 1 aromatic carbocycles. The van der Waals surface area contributed by atoms with Gasteiger partial charge in [0.25, 0.3) is 0 Å². The summed E-state index contributed by atoms with van der Waals surface area (Å²) in [6.07, 6.45) is 8.11. The van der Waals surface area contributed by atoms with E-state index < -0.39 is 0 Å². The number of aromatic nitrogens is 4. The van der Waals surface area contributed by atoms with Gasteiger partial charge in [-0.2, -0.15) is 5.10 Å². The number of hydrogen-bond donors (Lipinski definition) is 1. The Labute approximate surface area is 164 Å². The van der Waals surface area contributed by atoms with Gasteiger partial charge in [-0.25, -0.2) is 14.6 Å². The molecule has 1 aliphatic rings. The van der Waals surface area contributed by atoms with Gasteiger partial charge in [-0.1, -0.05) is 30.9 Å². The average Bonchev–Trinajstić information content (AvgIpc) is 2.98. The second kappa shape index (κ2) is 7.69. The molecule has 1 aliphatic carbocycles. The third kappa shape index (κ3) is 3.83. The third-order valence-electron chi connectivity index (χ3n) is 5.21. The van der Waals surface area contributed by atoms with Crippen molar-refractivity contribution in [3.8, 4) is 16.9 Å². The number of anilines is 1. The first-order chi connectivity index (χ1) is 13.1. The smallest absolute Gasteiger partial charge is 0.223 e. The Morgan fingerprint density at radius 1 is 1.04 bits per heavy atom. The van der Waals surface area contributed by atoms with E-state index in [0.29, 0.717) is 12.0 Å². The number of nitrogens with zero attached hydrogens (tertiary/aromatic N) is 4. The molecule has 0 saturated heterocycles. The predicted molar refractivity (Wildman–Crippen MR) is 110 cm³/mol. The fourth-order valence-corrected chi connectivity index (χ4v) is 3.97. The molecule has 0 atom stereocenters. The average molecular weight is 382 g/mol. The number of aryl methyl sites for hydroxylation is 1. The lowest BCUT2D eigenvalue weighted by Gasteiger charge is -2.22. The zero-order chi connectivity index (χ0) is 18.8. The molecule has 1 N–H and O–H groups in total. The Morgan fingerprint density at radius 3 is 2.52 bits per heavy atom. The molecule has 0 aliphatic heterocycles. The Kier molecular flexibility index (Phi) is 5.12. The van der Waals surface area contributed by atoms with E-state index in [9.17, 15) is 0 Å². The van der Waals surface area contributed by atoms with Crippen molar-refractivity contribution in [1.29, 1.82) is 0 Å². The summed E-state index contributed by atoms with van der Waals surface area (Å²) in [6.45, 7) is 4.09. The molecule has 0 radical (unpaired) electrons. The molecule has 1 fully saturated rings. The first-order valence-electron chi connectivity index (χ1n) is 9.54. The molecular formula is C21H24ClN5. The molecule has 4 rings (SSSR count). The Balaban J connectivity index is 1.65. The first kappa shape index (κ1) is 18.0. The van der Waals surface area contributed by atoms with Gasteiger partial charge in [-0.05, 0) is 57.0 Å². The van der Waals surface area contributed by atoms with Crippen LogP contribution in [0.1, 0.15) is 43.5 Å². The van der Waals surface area contributed by atoms with Crippen molar-refractivity contribution in [2.45, 2.75) is 52.0 Å². The van der Waals surface area contributed by atoms with Crippen LogP contribution in [0.2, 0.25) is 5.02 Å². The molecule has 0 bridgehead atoms. The standard InChI is InChI=1S/C21H24ClN5/c1-14-20(15(2)27(26-14)18-10-8-16(22)9-11-18)19-12-13-23-21(25-19)24-17-6-4-3-5-7-17/h8-13,17H,3-7H2,1-2H3,(H,23,24,25). The highest BCUT2D eigenvalue weighted by atomic mass is 35.5. The van der Waals surface area contributed by atoms with E-state index in [1.807, 2.05) is 48.1 Å². The highest BCUT2D eigenvalue weighted by molar-refractivity contribution is 6.30. The van der Waals surface area contributed by atoms with Crippen molar-refractivity contribution in [2.75, 3.05) is 5.32 Å². The zero-order valence-electron chi connectivity index (χ0n) is 15.7. The number of nitrogens with one attached hydrogen (secondary N) is 1. The van der Waals surface area contributed by atoms with Crippen molar-refractivity contribution in [2.24, 2.45) is 0 Å². The summed E-state index contributed by atoms with van der Waals surface area (Å²) in [5.41, 5.74) is 4.94. The molecule has 2 aromatic heterocycles. The summed E-state index contributed by atoms with van der Waals surface area (Å²) in [7, 11) is 0. The summed E-state index contributed by atoms with van der Waals surface area (Å²) < 4.78 is 1.94. The van der Waals surface area contributed by atoms with Crippen LogP contribution in [0, 0.1) is 13.8 Å².